The van der Waals surface area contributed by atoms with E-state index in [4.69, 9.17) is 0 Å². The van der Waals surface area contributed by atoms with Crippen LogP contribution in [0, 0.1) is 0 Å². The lowest BCUT2D eigenvalue weighted by molar-refractivity contribution is -0.133. The van der Waals surface area contributed by atoms with Crippen molar-refractivity contribution in [3.8, 4) is 0 Å². The van der Waals surface area contributed by atoms with E-state index in [1.165, 1.54) is 16.7 Å². The Bertz CT molecular complexity index is 723. The second-order valence-corrected chi connectivity index (χ2v) is 8.57. The maximum Gasteiger partial charge on any atom is 0.239 e. The smallest absolute Gasteiger partial charge is 0.239 e. The second-order valence-electron chi connectivity index (χ2n) is 6.60. The van der Waals surface area contributed by atoms with Crippen molar-refractivity contribution in [1.29, 1.82) is 0 Å². The van der Waals surface area contributed by atoms with Gasteiger partial charge in [-0.15, -0.1) is 16.4 Å². The largest absolute Gasteiger partial charge is 0.350 e. The lowest BCUT2D eigenvalue weighted by Crippen LogP contribution is -2.41. The van der Waals surface area contributed by atoms with E-state index in [1.807, 2.05) is 45.2 Å². The minimum atomic E-state index is -0.263. The second kappa shape index (κ2) is 9.13. The maximum absolute atomic E-state index is 12.4. The highest BCUT2D eigenvalue weighted by Crippen LogP contribution is 2.21. The van der Waals surface area contributed by atoms with Gasteiger partial charge in [-0.2, -0.15) is 0 Å². The zero-order valence-corrected chi connectivity index (χ0v) is 17.1. The number of carbonyl (C=O) groups excluding carboxylic acids is 2. The molecule has 2 heterocycles. The summed E-state index contributed by atoms with van der Waals surface area (Å²) in [6, 6.07) is 3.90. The number of carbonyl (C=O) groups is 2. The van der Waals surface area contributed by atoms with Gasteiger partial charge in [-0.05, 0) is 49.6 Å². The van der Waals surface area contributed by atoms with Crippen molar-refractivity contribution in [2.24, 2.45) is 0 Å². The Kier molecular flexibility index (Phi) is 7.15. The fraction of sp³-hybridized carbons (Fsp3) is 0.562. The van der Waals surface area contributed by atoms with Gasteiger partial charge in [0.05, 0.1) is 24.4 Å². The molecular formula is C16H24N6O2S2. The number of hydrogen-bond acceptors (Lipinski definition) is 7. The van der Waals surface area contributed by atoms with Crippen LogP contribution in [0.15, 0.2) is 22.7 Å². The number of hydrogen-bond donors (Lipinski definition) is 1. The third-order valence-corrected chi connectivity index (χ3v) is 5.29. The molecule has 2 amide bonds. The molecule has 0 aliphatic rings. The summed E-state index contributed by atoms with van der Waals surface area (Å²) in [5.41, 5.74) is -0.263. The normalized spacial score (nSPS) is 11.4. The molecule has 0 radical (unpaired) electrons. The van der Waals surface area contributed by atoms with Crippen molar-refractivity contribution >= 4 is 34.9 Å². The van der Waals surface area contributed by atoms with Crippen molar-refractivity contribution in [1.82, 2.24) is 30.4 Å². The number of thiophene rings is 1. The molecule has 0 aromatic carbocycles. The van der Waals surface area contributed by atoms with Crippen LogP contribution in [0.5, 0.6) is 0 Å². The summed E-state index contributed by atoms with van der Waals surface area (Å²) < 4.78 is 1.69. The van der Waals surface area contributed by atoms with E-state index in [0.717, 1.165) is 4.88 Å². The first-order valence-corrected chi connectivity index (χ1v) is 10.2. The Morgan fingerprint density at radius 1 is 1.38 bits per heavy atom. The lowest BCUT2D eigenvalue weighted by Gasteiger charge is -2.21. The number of amides is 2. The Labute approximate surface area is 161 Å². The average Bonchev–Trinajstić information content (AvgIpc) is 3.26. The molecule has 10 heteroatoms. The first kappa shape index (κ1) is 20.4. The van der Waals surface area contributed by atoms with Gasteiger partial charge < -0.3 is 10.2 Å². The van der Waals surface area contributed by atoms with Gasteiger partial charge in [0.2, 0.25) is 17.0 Å². The minimum absolute atomic E-state index is 0.0471. The van der Waals surface area contributed by atoms with Crippen LogP contribution in [0.25, 0.3) is 0 Å². The van der Waals surface area contributed by atoms with Crippen LogP contribution in [0.2, 0.25) is 0 Å². The molecule has 0 atom stereocenters. The van der Waals surface area contributed by atoms with Gasteiger partial charge in [-0.25, -0.2) is 4.68 Å². The predicted octanol–water partition coefficient (Wildman–Crippen LogP) is 1.75. The SMILES string of the molecule is CCN(CC(=O)NCc1cccs1)C(=O)CSc1nnnn1C(C)(C)C. The zero-order valence-electron chi connectivity index (χ0n) is 15.4. The molecule has 0 saturated heterocycles. The summed E-state index contributed by atoms with van der Waals surface area (Å²) in [5, 5.41) is 17.0. The Hall–Kier alpha value is -1.94. The molecule has 0 bridgehead atoms. The standard InChI is InChI=1S/C16H24N6O2S2/c1-5-21(10-13(23)17-9-12-7-6-8-25-12)14(24)11-26-15-18-19-20-22(15)16(2,3)4/h6-8H,5,9-11H2,1-4H3,(H,17,23). The molecule has 0 saturated carbocycles. The molecule has 2 aromatic heterocycles. The molecule has 142 valence electrons. The van der Waals surface area contributed by atoms with Crippen molar-refractivity contribution in [2.75, 3.05) is 18.8 Å². The van der Waals surface area contributed by atoms with Gasteiger partial charge in [0.1, 0.15) is 0 Å². The first-order valence-electron chi connectivity index (χ1n) is 8.29. The van der Waals surface area contributed by atoms with Crippen LogP contribution in [-0.2, 0) is 21.7 Å². The van der Waals surface area contributed by atoms with Crippen LogP contribution >= 0.6 is 23.1 Å². The van der Waals surface area contributed by atoms with Crippen molar-refractivity contribution in [3.05, 3.63) is 22.4 Å². The molecule has 2 aromatic rings. The van der Waals surface area contributed by atoms with Crippen molar-refractivity contribution < 1.29 is 9.59 Å². The van der Waals surface area contributed by atoms with E-state index in [0.29, 0.717) is 18.2 Å². The van der Waals surface area contributed by atoms with Crippen LogP contribution in [0.3, 0.4) is 0 Å². The van der Waals surface area contributed by atoms with Crippen LogP contribution < -0.4 is 5.32 Å². The summed E-state index contributed by atoms with van der Waals surface area (Å²) in [6.45, 7) is 8.83. The van der Waals surface area contributed by atoms with Crippen LogP contribution in [-0.4, -0.2) is 55.8 Å². The molecule has 1 N–H and O–H groups in total. The molecule has 0 unspecified atom stereocenters. The molecule has 0 spiro atoms. The average molecular weight is 397 g/mol. The zero-order chi connectivity index (χ0) is 19.2. The van der Waals surface area contributed by atoms with E-state index in [2.05, 4.69) is 20.8 Å². The Morgan fingerprint density at radius 2 is 2.15 bits per heavy atom. The molecule has 0 aliphatic carbocycles. The van der Waals surface area contributed by atoms with Gasteiger partial charge in [0.25, 0.3) is 0 Å². The molecule has 0 aliphatic heterocycles. The predicted molar refractivity (Wildman–Crippen MR) is 102 cm³/mol. The maximum atomic E-state index is 12.4. The summed E-state index contributed by atoms with van der Waals surface area (Å²) in [6.07, 6.45) is 0. The number of tetrazole rings is 1. The number of nitrogens with one attached hydrogen (secondary N) is 1. The highest BCUT2D eigenvalue weighted by Gasteiger charge is 2.22. The van der Waals surface area contributed by atoms with Crippen LogP contribution in [0.4, 0.5) is 0 Å². The molecule has 26 heavy (non-hydrogen) atoms. The quantitative estimate of drug-likeness (QED) is 0.683. The number of likely N-dealkylation sites (N-methyl/N-ethyl adjacent to an activating group) is 1. The van der Waals surface area contributed by atoms with E-state index in [-0.39, 0.29) is 29.7 Å². The fourth-order valence-electron chi connectivity index (χ4n) is 2.11. The highest BCUT2D eigenvalue weighted by atomic mass is 32.2. The van der Waals surface area contributed by atoms with Gasteiger partial charge in [0.15, 0.2) is 0 Å². The van der Waals surface area contributed by atoms with E-state index < -0.39 is 0 Å². The Balaban J connectivity index is 1.84. The van der Waals surface area contributed by atoms with Crippen LogP contribution in [0.1, 0.15) is 32.6 Å². The Morgan fingerprint density at radius 3 is 2.77 bits per heavy atom. The lowest BCUT2D eigenvalue weighted by atomic mass is 10.1. The van der Waals surface area contributed by atoms with Gasteiger partial charge >= 0.3 is 0 Å². The number of thioether (sulfide) groups is 1. The van der Waals surface area contributed by atoms with Crippen molar-refractivity contribution in [3.63, 3.8) is 0 Å². The third-order valence-electron chi connectivity index (χ3n) is 3.51. The molecular weight excluding hydrogens is 372 g/mol. The number of aromatic nitrogens is 4. The third kappa shape index (κ3) is 5.80. The summed E-state index contributed by atoms with van der Waals surface area (Å²) >= 11 is 2.86. The van der Waals surface area contributed by atoms with Crippen molar-refractivity contribution in [2.45, 2.75) is 44.9 Å². The van der Waals surface area contributed by atoms with Gasteiger partial charge in [-0.1, -0.05) is 17.8 Å². The molecule has 8 nitrogen and oxygen atoms in total. The number of nitrogens with zero attached hydrogens (tertiary/aromatic N) is 5. The topological polar surface area (TPSA) is 93.0 Å². The fourth-order valence-corrected chi connectivity index (χ4v) is 3.72. The minimum Gasteiger partial charge on any atom is -0.350 e. The van der Waals surface area contributed by atoms with E-state index >= 15 is 0 Å². The first-order chi connectivity index (χ1) is 12.3. The molecule has 0 fully saturated rings. The molecule has 2 rings (SSSR count). The summed E-state index contributed by atoms with van der Waals surface area (Å²) in [7, 11) is 0. The van der Waals surface area contributed by atoms with Gasteiger partial charge in [0, 0.05) is 11.4 Å². The van der Waals surface area contributed by atoms with E-state index in [9.17, 15) is 9.59 Å². The summed E-state index contributed by atoms with van der Waals surface area (Å²) in [5.74, 6) is -0.104. The highest BCUT2D eigenvalue weighted by molar-refractivity contribution is 7.99. The van der Waals surface area contributed by atoms with Gasteiger partial charge in [-0.3, -0.25) is 9.59 Å². The summed E-state index contributed by atoms with van der Waals surface area (Å²) in [4.78, 5) is 27.1. The number of rotatable bonds is 8. The monoisotopic (exact) mass is 396 g/mol. The van der Waals surface area contributed by atoms with E-state index in [1.54, 1.807) is 16.0 Å².